The summed E-state index contributed by atoms with van der Waals surface area (Å²) in [6, 6.07) is 6.49. The number of aromatic nitrogens is 2. The van der Waals surface area contributed by atoms with Crippen molar-refractivity contribution in [2.75, 3.05) is 10.6 Å². The molecule has 1 saturated carbocycles. The van der Waals surface area contributed by atoms with E-state index in [9.17, 15) is 14.0 Å². The monoisotopic (exact) mass is 316 g/mol. The highest BCUT2D eigenvalue weighted by molar-refractivity contribution is 5.99. The van der Waals surface area contributed by atoms with E-state index >= 15 is 0 Å². The number of anilines is 2. The molecule has 1 fully saturated rings. The molecular weight excluding hydrogens is 299 g/mol. The summed E-state index contributed by atoms with van der Waals surface area (Å²) in [5.74, 6) is -0.673. The van der Waals surface area contributed by atoms with E-state index in [1.54, 1.807) is 12.1 Å². The van der Waals surface area contributed by atoms with Crippen LogP contribution in [0.15, 0.2) is 35.3 Å². The molecule has 0 atom stereocenters. The Hall–Kier alpha value is -2.70. The van der Waals surface area contributed by atoms with Gasteiger partial charge in [0.1, 0.15) is 0 Å². The number of amides is 2. The average molecular weight is 316 g/mol. The number of hydrogen-bond acceptors (Lipinski definition) is 3. The van der Waals surface area contributed by atoms with Crippen LogP contribution in [0.25, 0.3) is 0 Å². The second-order valence-corrected chi connectivity index (χ2v) is 5.76. The number of benzene rings is 1. The first-order valence-electron chi connectivity index (χ1n) is 7.43. The molecule has 1 heterocycles. The Morgan fingerprint density at radius 3 is 2.65 bits per heavy atom. The van der Waals surface area contributed by atoms with Crippen LogP contribution in [0.2, 0.25) is 0 Å². The summed E-state index contributed by atoms with van der Waals surface area (Å²) < 4.78 is 15.2. The van der Waals surface area contributed by atoms with Crippen LogP contribution < -0.4 is 16.3 Å². The highest BCUT2D eigenvalue weighted by Crippen LogP contribution is 2.30. The summed E-state index contributed by atoms with van der Waals surface area (Å²) in [4.78, 5) is 27.3. The maximum atomic E-state index is 14.0. The molecule has 23 heavy (non-hydrogen) atoms. The van der Waals surface area contributed by atoms with Crippen LogP contribution >= 0.6 is 0 Å². The van der Waals surface area contributed by atoms with Crippen LogP contribution in [0.5, 0.6) is 0 Å². The Balaban J connectivity index is 1.69. The first-order chi connectivity index (χ1) is 11.0. The topological polar surface area (TPSA) is 76.0 Å². The van der Waals surface area contributed by atoms with E-state index in [1.807, 2.05) is 19.1 Å². The van der Waals surface area contributed by atoms with Crippen LogP contribution in [-0.4, -0.2) is 15.6 Å². The van der Waals surface area contributed by atoms with Gasteiger partial charge in [-0.15, -0.1) is 0 Å². The van der Waals surface area contributed by atoms with Crippen molar-refractivity contribution in [2.45, 2.75) is 26.3 Å². The zero-order valence-electron chi connectivity index (χ0n) is 12.7. The molecule has 1 aromatic heterocycles. The van der Waals surface area contributed by atoms with E-state index in [2.05, 4.69) is 15.6 Å². The molecule has 2 N–H and O–H groups in total. The molecular formula is C16H17FN4O2. The number of rotatable bonds is 4. The van der Waals surface area contributed by atoms with E-state index in [-0.39, 0.29) is 5.82 Å². The molecule has 2 aromatic rings. The summed E-state index contributed by atoms with van der Waals surface area (Å²) in [6.45, 7) is 2.40. The van der Waals surface area contributed by atoms with Gasteiger partial charge in [-0.05, 0) is 37.8 Å². The predicted octanol–water partition coefficient (Wildman–Crippen LogP) is 2.74. The lowest BCUT2D eigenvalue weighted by Crippen LogP contribution is -2.28. The second kappa shape index (κ2) is 6.20. The van der Waals surface area contributed by atoms with Crippen molar-refractivity contribution >= 4 is 17.5 Å². The van der Waals surface area contributed by atoms with Gasteiger partial charge < -0.3 is 5.32 Å². The number of aryl methyl sites for hydroxylation is 1. The first kappa shape index (κ1) is 15.2. The third-order valence-corrected chi connectivity index (χ3v) is 3.64. The quantitative estimate of drug-likeness (QED) is 0.910. The smallest absolute Gasteiger partial charge is 0.308 e. The third kappa shape index (κ3) is 3.94. The van der Waals surface area contributed by atoms with Gasteiger partial charge in [-0.2, -0.15) is 4.98 Å². The van der Waals surface area contributed by atoms with Gasteiger partial charge in [0.05, 0.1) is 0 Å². The van der Waals surface area contributed by atoms with Crippen molar-refractivity contribution in [1.29, 1.82) is 0 Å². The number of halogens is 1. The summed E-state index contributed by atoms with van der Waals surface area (Å²) in [5, 5.41) is 4.82. The molecule has 0 bridgehead atoms. The zero-order valence-corrected chi connectivity index (χ0v) is 12.7. The van der Waals surface area contributed by atoms with Gasteiger partial charge in [-0.25, -0.2) is 14.0 Å². The van der Waals surface area contributed by atoms with E-state index in [4.69, 9.17) is 0 Å². The van der Waals surface area contributed by atoms with Crippen molar-refractivity contribution in [2.24, 2.45) is 5.92 Å². The molecule has 0 saturated heterocycles. The Morgan fingerprint density at radius 1 is 1.30 bits per heavy atom. The molecule has 1 aliphatic rings. The maximum absolute atomic E-state index is 14.0. The Bertz CT molecular complexity index is 782. The third-order valence-electron chi connectivity index (χ3n) is 3.64. The lowest BCUT2D eigenvalue weighted by Gasteiger charge is -2.09. The van der Waals surface area contributed by atoms with Crippen LogP contribution in [0.4, 0.5) is 20.7 Å². The number of hydrogen-bond donors (Lipinski definition) is 2. The first-order valence-corrected chi connectivity index (χ1v) is 7.43. The van der Waals surface area contributed by atoms with Crippen molar-refractivity contribution in [1.82, 2.24) is 9.55 Å². The van der Waals surface area contributed by atoms with E-state index in [0.717, 1.165) is 24.6 Å². The fraction of sp³-hybridized carbons (Fsp3) is 0.312. The Kier molecular flexibility index (Phi) is 4.10. The Morgan fingerprint density at radius 2 is 2.00 bits per heavy atom. The highest BCUT2D eigenvalue weighted by Gasteiger charge is 2.23. The molecule has 120 valence electrons. The van der Waals surface area contributed by atoms with Crippen molar-refractivity contribution in [3.63, 3.8) is 0 Å². The number of carbonyl (C=O) groups excluding carboxylic acids is 1. The molecule has 0 radical (unpaired) electrons. The van der Waals surface area contributed by atoms with Crippen molar-refractivity contribution in [3.8, 4) is 0 Å². The molecule has 0 aliphatic heterocycles. The van der Waals surface area contributed by atoms with Gasteiger partial charge in [0.25, 0.3) is 0 Å². The van der Waals surface area contributed by atoms with E-state index in [0.29, 0.717) is 18.2 Å². The van der Waals surface area contributed by atoms with Crippen LogP contribution in [0.1, 0.15) is 18.4 Å². The van der Waals surface area contributed by atoms with Gasteiger partial charge in [0.15, 0.2) is 11.6 Å². The largest absolute Gasteiger partial charge is 0.349 e. The number of urea groups is 1. The minimum absolute atomic E-state index is 0.369. The minimum Gasteiger partial charge on any atom is -0.308 e. The molecule has 2 amide bonds. The van der Waals surface area contributed by atoms with Gasteiger partial charge >= 0.3 is 11.7 Å². The summed E-state index contributed by atoms with van der Waals surface area (Å²) in [6.07, 6.45) is 3.19. The number of carbonyl (C=O) groups is 1. The fourth-order valence-corrected chi connectivity index (χ4v) is 2.17. The highest BCUT2D eigenvalue weighted by atomic mass is 19.1. The lowest BCUT2D eigenvalue weighted by molar-refractivity contribution is 0.262. The Labute approximate surface area is 132 Å². The van der Waals surface area contributed by atoms with Crippen molar-refractivity contribution in [3.05, 3.63) is 52.3 Å². The summed E-state index contributed by atoms with van der Waals surface area (Å²) in [5.41, 5.74) is 1.06. The van der Waals surface area contributed by atoms with Gasteiger partial charge in [0.2, 0.25) is 0 Å². The molecule has 1 aromatic carbocycles. The second-order valence-electron chi connectivity index (χ2n) is 5.76. The predicted molar refractivity (Wildman–Crippen MR) is 85.0 cm³/mol. The van der Waals surface area contributed by atoms with Gasteiger partial charge in [0, 0.05) is 18.4 Å². The SMILES string of the molecule is Cc1ccc(NC(=O)Nc2nc(=O)n(CC3CC3)cc2F)cc1. The van der Waals surface area contributed by atoms with E-state index in [1.165, 1.54) is 4.57 Å². The standard InChI is InChI=1S/C16H17FN4O2/c1-10-2-6-12(7-3-10)18-15(22)19-14-13(17)9-21(16(23)20-14)8-11-4-5-11/h2-3,6-7,9,11H,4-5,8H2,1H3,(H2,18,19,20,22,23). The normalized spacial score (nSPS) is 13.7. The minimum atomic E-state index is -0.732. The summed E-state index contributed by atoms with van der Waals surface area (Å²) >= 11 is 0. The molecule has 1 aliphatic carbocycles. The van der Waals surface area contributed by atoms with Gasteiger partial charge in [-0.3, -0.25) is 9.88 Å². The zero-order chi connectivity index (χ0) is 16.4. The van der Waals surface area contributed by atoms with Gasteiger partial charge in [-0.1, -0.05) is 17.7 Å². The molecule has 0 spiro atoms. The fourth-order valence-electron chi connectivity index (χ4n) is 2.17. The van der Waals surface area contributed by atoms with Crippen LogP contribution in [0.3, 0.4) is 0 Å². The lowest BCUT2D eigenvalue weighted by atomic mass is 10.2. The maximum Gasteiger partial charge on any atom is 0.349 e. The molecule has 0 unspecified atom stereocenters. The van der Waals surface area contributed by atoms with Crippen LogP contribution in [-0.2, 0) is 6.54 Å². The molecule has 3 rings (SSSR count). The average Bonchev–Trinajstić information content (AvgIpc) is 3.31. The van der Waals surface area contributed by atoms with E-state index < -0.39 is 17.5 Å². The number of nitrogens with zero attached hydrogens (tertiary/aromatic N) is 2. The molecule has 6 nitrogen and oxygen atoms in total. The van der Waals surface area contributed by atoms with Crippen LogP contribution in [0, 0.1) is 18.7 Å². The summed E-state index contributed by atoms with van der Waals surface area (Å²) in [7, 11) is 0. The van der Waals surface area contributed by atoms with Crippen molar-refractivity contribution < 1.29 is 9.18 Å². The molecule has 7 heteroatoms. The number of nitrogens with one attached hydrogen (secondary N) is 2.